The summed E-state index contributed by atoms with van der Waals surface area (Å²) in [6.07, 6.45) is 1.43. The molecule has 0 aromatic carbocycles. The normalized spacial score (nSPS) is 15.3. The van der Waals surface area contributed by atoms with Crippen LogP contribution >= 0.6 is 0 Å². The number of ether oxygens (including phenoxy) is 1. The van der Waals surface area contributed by atoms with Crippen LogP contribution in [0.1, 0.15) is 39.3 Å². The second kappa shape index (κ2) is 10.1. The van der Waals surface area contributed by atoms with E-state index in [-0.39, 0.29) is 56.5 Å². The number of H-pyrrole nitrogens is 1. The summed E-state index contributed by atoms with van der Waals surface area (Å²) in [4.78, 5) is 38.6. The fourth-order valence-corrected chi connectivity index (χ4v) is 4.25. The SMILES string of the molecule is Cc1cc(C)c(CNC(=O)c2nc(OCCN3CCC(F)(F)C3)nc(-c3ccnn3C)c2C)c(=O)[nH]1. The van der Waals surface area contributed by atoms with Crippen LogP contribution in [-0.2, 0) is 13.6 Å². The van der Waals surface area contributed by atoms with Gasteiger partial charge in [0.15, 0.2) is 0 Å². The van der Waals surface area contributed by atoms with Crippen LogP contribution in [0.15, 0.2) is 23.1 Å². The van der Waals surface area contributed by atoms with Crippen LogP contribution in [0.4, 0.5) is 8.78 Å². The lowest BCUT2D eigenvalue weighted by Gasteiger charge is -2.16. The van der Waals surface area contributed by atoms with E-state index >= 15 is 0 Å². The zero-order valence-corrected chi connectivity index (χ0v) is 20.7. The first kappa shape index (κ1) is 25.4. The molecular weight excluding hydrogens is 472 g/mol. The Labute approximate surface area is 206 Å². The molecule has 3 aromatic rings. The Balaban J connectivity index is 1.56. The Hall–Kier alpha value is -3.67. The Morgan fingerprint density at radius 3 is 2.69 bits per heavy atom. The number of rotatable bonds is 8. The first-order valence-corrected chi connectivity index (χ1v) is 11.6. The second-order valence-corrected chi connectivity index (χ2v) is 9.02. The number of nitrogens with one attached hydrogen (secondary N) is 2. The molecule has 10 nitrogen and oxygen atoms in total. The molecule has 36 heavy (non-hydrogen) atoms. The van der Waals surface area contributed by atoms with Gasteiger partial charge in [-0.1, -0.05) is 0 Å². The fraction of sp³-hybridized carbons (Fsp3) is 0.458. The van der Waals surface area contributed by atoms with Crippen molar-refractivity contribution in [1.29, 1.82) is 0 Å². The maximum absolute atomic E-state index is 13.5. The lowest BCUT2D eigenvalue weighted by atomic mass is 10.1. The number of halogens is 2. The molecule has 1 aliphatic heterocycles. The van der Waals surface area contributed by atoms with Gasteiger partial charge in [-0.3, -0.25) is 19.2 Å². The Kier molecular flexibility index (Phi) is 7.16. The predicted octanol–water partition coefficient (Wildman–Crippen LogP) is 2.14. The summed E-state index contributed by atoms with van der Waals surface area (Å²) in [5.41, 5.74) is 3.40. The van der Waals surface area contributed by atoms with Gasteiger partial charge in [0.1, 0.15) is 12.3 Å². The molecule has 1 saturated heterocycles. The van der Waals surface area contributed by atoms with Crippen LogP contribution in [0, 0.1) is 20.8 Å². The van der Waals surface area contributed by atoms with Gasteiger partial charge >= 0.3 is 6.01 Å². The minimum absolute atomic E-state index is 0.0180. The molecule has 0 spiro atoms. The van der Waals surface area contributed by atoms with Gasteiger partial charge < -0.3 is 15.0 Å². The third-order valence-corrected chi connectivity index (χ3v) is 6.21. The highest BCUT2D eigenvalue weighted by Crippen LogP contribution is 2.27. The molecule has 192 valence electrons. The fourth-order valence-electron chi connectivity index (χ4n) is 4.25. The van der Waals surface area contributed by atoms with Crippen molar-refractivity contribution in [3.05, 3.63) is 56.8 Å². The Morgan fingerprint density at radius 1 is 1.28 bits per heavy atom. The molecule has 0 saturated carbocycles. The molecule has 0 atom stereocenters. The summed E-state index contributed by atoms with van der Waals surface area (Å²) in [6.45, 7) is 5.68. The van der Waals surface area contributed by atoms with E-state index in [4.69, 9.17) is 4.74 Å². The molecule has 0 unspecified atom stereocenters. The number of likely N-dealkylation sites (tertiary alicyclic amines) is 1. The van der Waals surface area contributed by atoms with E-state index in [2.05, 4.69) is 25.4 Å². The third-order valence-electron chi connectivity index (χ3n) is 6.21. The number of aryl methyl sites for hydroxylation is 3. The van der Waals surface area contributed by atoms with Crippen molar-refractivity contribution in [3.63, 3.8) is 0 Å². The van der Waals surface area contributed by atoms with E-state index < -0.39 is 11.8 Å². The van der Waals surface area contributed by atoms with Crippen molar-refractivity contribution in [2.45, 2.75) is 39.7 Å². The largest absolute Gasteiger partial charge is 0.462 e. The Morgan fingerprint density at radius 2 is 2.06 bits per heavy atom. The molecule has 3 aromatic heterocycles. The van der Waals surface area contributed by atoms with E-state index in [1.54, 1.807) is 42.7 Å². The molecular formula is C24H29F2N7O3. The molecule has 1 amide bonds. The number of carbonyl (C=O) groups excluding carboxylic acids is 1. The first-order chi connectivity index (χ1) is 17.0. The number of nitrogens with zero attached hydrogens (tertiary/aromatic N) is 5. The molecule has 0 radical (unpaired) electrons. The van der Waals surface area contributed by atoms with Gasteiger partial charge in [0.05, 0.1) is 17.9 Å². The molecule has 1 fully saturated rings. The summed E-state index contributed by atoms with van der Waals surface area (Å²) in [6, 6.07) is 3.54. The quantitative estimate of drug-likeness (QED) is 0.486. The lowest BCUT2D eigenvalue weighted by molar-refractivity contribution is 0.0112. The summed E-state index contributed by atoms with van der Waals surface area (Å²) >= 11 is 0. The van der Waals surface area contributed by atoms with Crippen molar-refractivity contribution >= 4 is 5.91 Å². The average Bonchev–Trinajstić information content (AvgIpc) is 3.38. The molecule has 0 bridgehead atoms. The number of carbonyl (C=O) groups is 1. The van der Waals surface area contributed by atoms with Crippen molar-refractivity contribution < 1.29 is 18.3 Å². The maximum Gasteiger partial charge on any atom is 0.317 e. The highest BCUT2D eigenvalue weighted by Gasteiger charge is 2.37. The number of aromatic amines is 1. The minimum Gasteiger partial charge on any atom is -0.462 e. The number of hydrogen-bond donors (Lipinski definition) is 2. The van der Waals surface area contributed by atoms with Gasteiger partial charge in [-0.2, -0.15) is 15.1 Å². The number of hydrogen-bond acceptors (Lipinski definition) is 7. The molecule has 12 heteroatoms. The topological polar surface area (TPSA) is 118 Å². The zero-order valence-electron chi connectivity index (χ0n) is 20.7. The van der Waals surface area contributed by atoms with Crippen LogP contribution in [0.3, 0.4) is 0 Å². The van der Waals surface area contributed by atoms with Crippen LogP contribution in [0.25, 0.3) is 11.4 Å². The summed E-state index contributed by atoms with van der Waals surface area (Å²) in [5.74, 6) is -3.18. The lowest BCUT2D eigenvalue weighted by Crippen LogP contribution is -2.30. The molecule has 0 aliphatic carbocycles. The van der Waals surface area contributed by atoms with Gasteiger partial charge in [0.2, 0.25) is 0 Å². The van der Waals surface area contributed by atoms with Crippen molar-refractivity contribution in [3.8, 4) is 17.4 Å². The van der Waals surface area contributed by atoms with E-state index in [1.165, 1.54) is 0 Å². The van der Waals surface area contributed by atoms with Crippen LogP contribution in [0.5, 0.6) is 6.01 Å². The minimum atomic E-state index is -2.68. The van der Waals surface area contributed by atoms with Gasteiger partial charge in [-0.25, -0.2) is 8.78 Å². The summed E-state index contributed by atoms with van der Waals surface area (Å²) < 4.78 is 34.2. The van der Waals surface area contributed by atoms with Gasteiger partial charge in [-0.15, -0.1) is 0 Å². The number of aromatic nitrogens is 5. The highest BCUT2D eigenvalue weighted by molar-refractivity contribution is 5.95. The standard InChI is InChI=1S/C24H29F2N7O3/c1-14-11-15(2)29-21(34)17(14)12-27-22(35)20-16(3)19(18-5-7-28-32(18)4)30-23(31-20)36-10-9-33-8-6-24(25,26)13-33/h5,7,11H,6,8-10,12-13H2,1-4H3,(H,27,35)(H,29,34). The molecule has 2 N–H and O–H groups in total. The first-order valence-electron chi connectivity index (χ1n) is 11.6. The van der Waals surface area contributed by atoms with E-state index in [0.29, 0.717) is 22.5 Å². The van der Waals surface area contributed by atoms with Crippen molar-refractivity contribution in [1.82, 2.24) is 34.9 Å². The highest BCUT2D eigenvalue weighted by atomic mass is 19.3. The van der Waals surface area contributed by atoms with E-state index in [1.807, 2.05) is 13.0 Å². The number of alkyl halides is 2. The second-order valence-electron chi connectivity index (χ2n) is 9.02. The summed E-state index contributed by atoms with van der Waals surface area (Å²) in [7, 11) is 1.75. The van der Waals surface area contributed by atoms with E-state index in [9.17, 15) is 18.4 Å². The predicted molar refractivity (Wildman–Crippen MR) is 128 cm³/mol. The third kappa shape index (κ3) is 5.59. The van der Waals surface area contributed by atoms with Crippen LogP contribution in [0.2, 0.25) is 0 Å². The average molecular weight is 502 g/mol. The van der Waals surface area contributed by atoms with Crippen molar-refractivity contribution in [2.75, 3.05) is 26.2 Å². The van der Waals surface area contributed by atoms with Crippen LogP contribution in [-0.4, -0.2) is 67.7 Å². The van der Waals surface area contributed by atoms with E-state index in [0.717, 1.165) is 11.3 Å². The number of amides is 1. The van der Waals surface area contributed by atoms with Gasteiger partial charge in [0.25, 0.3) is 17.4 Å². The molecule has 4 heterocycles. The van der Waals surface area contributed by atoms with Gasteiger partial charge in [0, 0.05) is 56.1 Å². The number of pyridine rings is 1. The maximum atomic E-state index is 13.5. The molecule has 1 aliphatic rings. The summed E-state index contributed by atoms with van der Waals surface area (Å²) in [5, 5.41) is 6.93. The smallest absolute Gasteiger partial charge is 0.317 e. The van der Waals surface area contributed by atoms with Gasteiger partial charge in [-0.05, 0) is 38.5 Å². The zero-order chi connectivity index (χ0) is 26.0. The Bertz CT molecular complexity index is 1340. The van der Waals surface area contributed by atoms with Crippen molar-refractivity contribution in [2.24, 2.45) is 7.05 Å². The monoisotopic (exact) mass is 501 g/mol. The molecule has 4 rings (SSSR count). The van der Waals surface area contributed by atoms with Crippen LogP contribution < -0.4 is 15.6 Å².